The normalized spacial score (nSPS) is 29.6. The van der Waals surface area contributed by atoms with Crippen LogP contribution in [0.4, 0.5) is 0 Å². The van der Waals surface area contributed by atoms with Crippen LogP contribution in [-0.2, 0) is 23.5 Å². The Kier molecular flexibility index (Phi) is 8.04. The molecule has 0 aromatic carbocycles. The van der Waals surface area contributed by atoms with Gasteiger partial charge in [0.15, 0.2) is 11.6 Å². The molecule has 3 N–H and O–H groups in total. The zero-order valence-corrected chi connectivity index (χ0v) is 18.3. The molecule has 160 valence electrons. The Morgan fingerprint density at radius 1 is 1.04 bits per heavy atom. The van der Waals surface area contributed by atoms with Crippen molar-refractivity contribution in [2.75, 3.05) is 19.8 Å². The molecule has 2 unspecified atom stereocenters. The number of nitrogens with one attached hydrogen (secondary N) is 1. The third kappa shape index (κ3) is 7.80. The van der Waals surface area contributed by atoms with Crippen molar-refractivity contribution in [2.24, 2.45) is 0 Å². The van der Waals surface area contributed by atoms with Crippen molar-refractivity contribution in [2.45, 2.75) is 96.2 Å². The Morgan fingerprint density at radius 2 is 1.52 bits per heavy atom. The minimum absolute atomic E-state index is 0.0636. The van der Waals surface area contributed by atoms with E-state index in [2.05, 4.69) is 19.2 Å². The highest BCUT2D eigenvalue weighted by molar-refractivity contribution is 7.39. The molecular weight excluding hydrogens is 373 g/mol. The summed E-state index contributed by atoms with van der Waals surface area (Å²) in [5.74, 6) is -1.19. The van der Waals surface area contributed by atoms with E-state index in [9.17, 15) is 0 Å². The Bertz CT molecular complexity index is 445. The number of hydrogen-bond acceptors (Lipinski definition) is 8. The molecular formula is C18H36NO7P. The van der Waals surface area contributed by atoms with Crippen molar-refractivity contribution in [1.29, 1.82) is 0 Å². The molecule has 0 aromatic rings. The van der Waals surface area contributed by atoms with Gasteiger partial charge in [0.2, 0.25) is 0 Å². The minimum atomic E-state index is -2.37. The fourth-order valence-electron chi connectivity index (χ4n) is 4.01. The summed E-state index contributed by atoms with van der Waals surface area (Å²) in [5, 5.41) is 3.67. The molecule has 0 radical (unpaired) electrons. The van der Waals surface area contributed by atoms with Gasteiger partial charge in [-0.3, -0.25) is 0 Å². The van der Waals surface area contributed by atoms with E-state index in [-0.39, 0.29) is 30.4 Å². The van der Waals surface area contributed by atoms with Crippen LogP contribution in [0.2, 0.25) is 0 Å². The van der Waals surface area contributed by atoms with E-state index >= 15 is 0 Å². The van der Waals surface area contributed by atoms with Crippen LogP contribution < -0.4 is 5.32 Å². The molecule has 2 aliphatic rings. The summed E-state index contributed by atoms with van der Waals surface area (Å²) in [7, 11) is -2.37. The average molecular weight is 409 g/mol. The summed E-state index contributed by atoms with van der Waals surface area (Å²) in [6, 6.07) is 0.223. The molecule has 0 spiro atoms. The molecule has 2 heterocycles. The van der Waals surface area contributed by atoms with Gasteiger partial charge in [-0.15, -0.1) is 0 Å². The SMILES string of the molecule is CC(C)NC(CCOP(O)O)(CC1COC(C)(C)O1)CC1COC(C)(C)O1. The quantitative estimate of drug-likeness (QED) is 0.473. The first kappa shape index (κ1) is 23.4. The molecule has 2 rings (SSSR count). The average Bonchev–Trinajstić information content (AvgIpc) is 2.99. The van der Waals surface area contributed by atoms with Gasteiger partial charge in [-0.1, -0.05) is 13.8 Å². The van der Waals surface area contributed by atoms with E-state index in [0.717, 1.165) is 0 Å². The maximum atomic E-state index is 9.13. The van der Waals surface area contributed by atoms with Crippen LogP contribution in [0.15, 0.2) is 0 Å². The number of rotatable bonds is 10. The summed E-state index contributed by atoms with van der Waals surface area (Å²) < 4.78 is 28.7. The molecule has 9 heteroatoms. The summed E-state index contributed by atoms with van der Waals surface area (Å²) >= 11 is 0. The second-order valence-electron chi connectivity index (χ2n) is 8.72. The smallest absolute Gasteiger partial charge is 0.327 e. The van der Waals surface area contributed by atoms with Gasteiger partial charge >= 0.3 is 8.60 Å². The van der Waals surface area contributed by atoms with Crippen molar-refractivity contribution in [3.05, 3.63) is 0 Å². The van der Waals surface area contributed by atoms with Crippen LogP contribution in [-0.4, -0.2) is 65.0 Å². The zero-order chi connectivity index (χ0) is 20.3. The molecule has 0 bridgehead atoms. The Balaban J connectivity index is 2.13. The van der Waals surface area contributed by atoms with Gasteiger partial charge in [-0.25, -0.2) is 0 Å². The van der Waals surface area contributed by atoms with Gasteiger partial charge in [0.25, 0.3) is 0 Å². The predicted molar refractivity (Wildman–Crippen MR) is 102 cm³/mol. The van der Waals surface area contributed by atoms with E-state index in [0.29, 0.717) is 32.5 Å². The second-order valence-corrected chi connectivity index (χ2v) is 9.49. The van der Waals surface area contributed by atoms with E-state index in [4.69, 9.17) is 33.3 Å². The van der Waals surface area contributed by atoms with Gasteiger partial charge in [-0.2, -0.15) is 0 Å². The van der Waals surface area contributed by atoms with Crippen LogP contribution in [0.1, 0.15) is 60.8 Å². The highest BCUT2D eigenvalue weighted by Crippen LogP contribution is 2.36. The van der Waals surface area contributed by atoms with Gasteiger partial charge in [0.1, 0.15) is 0 Å². The summed E-state index contributed by atoms with van der Waals surface area (Å²) in [6.07, 6.45) is 1.86. The first-order chi connectivity index (χ1) is 12.4. The van der Waals surface area contributed by atoms with Crippen LogP contribution >= 0.6 is 8.60 Å². The molecule has 27 heavy (non-hydrogen) atoms. The van der Waals surface area contributed by atoms with Crippen LogP contribution in [0.5, 0.6) is 0 Å². The van der Waals surface area contributed by atoms with Crippen molar-refractivity contribution in [3.63, 3.8) is 0 Å². The molecule has 0 amide bonds. The first-order valence-corrected chi connectivity index (χ1v) is 10.8. The Labute approximate surface area is 163 Å². The lowest BCUT2D eigenvalue weighted by atomic mass is 9.82. The van der Waals surface area contributed by atoms with E-state index in [1.165, 1.54) is 0 Å². The molecule has 0 saturated carbocycles. The first-order valence-electron chi connectivity index (χ1n) is 9.62. The molecule has 8 nitrogen and oxygen atoms in total. The maximum absolute atomic E-state index is 9.13. The lowest BCUT2D eigenvalue weighted by molar-refractivity contribution is -0.146. The molecule has 2 atom stereocenters. The highest BCUT2D eigenvalue weighted by Gasteiger charge is 2.44. The van der Waals surface area contributed by atoms with E-state index < -0.39 is 20.2 Å². The van der Waals surface area contributed by atoms with E-state index in [1.807, 2.05) is 27.7 Å². The van der Waals surface area contributed by atoms with E-state index in [1.54, 1.807) is 0 Å². The van der Waals surface area contributed by atoms with Gasteiger partial charge < -0.3 is 38.6 Å². The fraction of sp³-hybridized carbons (Fsp3) is 1.00. The molecule has 0 aliphatic carbocycles. The maximum Gasteiger partial charge on any atom is 0.327 e. The second kappa shape index (κ2) is 9.28. The van der Waals surface area contributed by atoms with Crippen molar-refractivity contribution in [3.8, 4) is 0 Å². The monoisotopic (exact) mass is 409 g/mol. The minimum Gasteiger partial charge on any atom is -0.348 e. The largest absolute Gasteiger partial charge is 0.348 e. The van der Waals surface area contributed by atoms with Crippen LogP contribution in [0.25, 0.3) is 0 Å². The molecule has 2 fully saturated rings. The molecule has 0 aromatic heterocycles. The topological polar surface area (TPSA) is 98.6 Å². The number of hydrogen-bond donors (Lipinski definition) is 3. The summed E-state index contributed by atoms with van der Waals surface area (Å²) in [4.78, 5) is 18.3. The van der Waals surface area contributed by atoms with Crippen molar-refractivity contribution in [1.82, 2.24) is 5.32 Å². The summed E-state index contributed by atoms with van der Waals surface area (Å²) in [5.41, 5.74) is -0.373. The highest BCUT2D eigenvalue weighted by atomic mass is 31.2. The van der Waals surface area contributed by atoms with Crippen molar-refractivity contribution >= 4 is 8.60 Å². The van der Waals surface area contributed by atoms with Crippen molar-refractivity contribution < 1.29 is 33.3 Å². The Morgan fingerprint density at radius 3 is 1.85 bits per heavy atom. The van der Waals surface area contributed by atoms with Gasteiger partial charge in [-0.05, 0) is 47.0 Å². The third-order valence-electron chi connectivity index (χ3n) is 4.75. The number of ether oxygens (including phenoxy) is 4. The predicted octanol–water partition coefficient (Wildman–Crippen LogP) is 2.42. The molecule has 2 saturated heterocycles. The zero-order valence-electron chi connectivity index (χ0n) is 17.4. The molecule has 2 aliphatic heterocycles. The van der Waals surface area contributed by atoms with Crippen LogP contribution in [0, 0.1) is 0 Å². The van der Waals surface area contributed by atoms with Gasteiger partial charge in [0, 0.05) is 11.6 Å². The Hall–Kier alpha value is 0.110. The standard InChI is InChI=1S/C18H36NO7P/c1-13(2)19-18(7-8-24-27(20)21,9-14-11-22-16(3,4)25-14)10-15-12-23-17(5,6)26-15/h13-15,19-21H,7-12H2,1-6H3. The summed E-state index contributed by atoms with van der Waals surface area (Å²) in [6.45, 7) is 13.1. The third-order valence-corrected chi connectivity index (χ3v) is 5.17. The van der Waals surface area contributed by atoms with Crippen LogP contribution in [0.3, 0.4) is 0 Å². The van der Waals surface area contributed by atoms with Gasteiger partial charge in [0.05, 0.1) is 32.0 Å². The lowest BCUT2D eigenvalue weighted by Gasteiger charge is -2.40. The lowest BCUT2D eigenvalue weighted by Crippen LogP contribution is -2.54. The fourth-order valence-corrected chi connectivity index (χ4v) is 4.27.